The first-order valence-corrected chi connectivity index (χ1v) is 29.5. The first kappa shape index (κ1) is 56.5. The van der Waals surface area contributed by atoms with Crippen LogP contribution in [0.2, 0.25) is 0 Å². The molecule has 0 aliphatic carbocycles. The third kappa shape index (κ3) is 10.3. The van der Waals surface area contributed by atoms with Gasteiger partial charge in [0.1, 0.15) is 0 Å². The third-order valence-corrected chi connectivity index (χ3v) is 17.1. The molecular weight excluding hydrogens is 966 g/mol. The Labute approximate surface area is 483 Å². The third-order valence-electron chi connectivity index (χ3n) is 17.1. The van der Waals surface area contributed by atoms with Gasteiger partial charge in [-0.1, -0.05) is 249 Å². The van der Waals surface area contributed by atoms with E-state index in [1.807, 2.05) is 0 Å². The van der Waals surface area contributed by atoms with Gasteiger partial charge in [0.25, 0.3) is 6.71 Å². The van der Waals surface area contributed by atoms with Crippen LogP contribution < -0.4 is 31.1 Å². The van der Waals surface area contributed by atoms with Crippen molar-refractivity contribution in [1.82, 2.24) is 0 Å². The number of benzene rings is 8. The molecular formula is C76H90BN3. The Bertz CT molecular complexity index is 3580. The Kier molecular flexibility index (Phi) is 13.7. The topological polar surface area (TPSA) is 9.72 Å². The van der Waals surface area contributed by atoms with E-state index in [1.54, 1.807) is 0 Å². The lowest BCUT2D eigenvalue weighted by Gasteiger charge is -2.46. The van der Waals surface area contributed by atoms with Gasteiger partial charge in [-0.25, -0.2) is 0 Å². The second kappa shape index (κ2) is 19.5. The molecule has 0 spiro atoms. The highest BCUT2D eigenvalue weighted by Crippen LogP contribution is 2.53. The van der Waals surface area contributed by atoms with Crippen molar-refractivity contribution >= 4 is 74.3 Å². The summed E-state index contributed by atoms with van der Waals surface area (Å²) in [4.78, 5) is 7.89. The molecule has 2 aliphatic rings. The normalized spacial score (nSPS) is 14.0. The predicted molar refractivity (Wildman–Crippen MR) is 351 cm³/mol. The summed E-state index contributed by atoms with van der Waals surface area (Å²) in [6.45, 7) is 49.1. The van der Waals surface area contributed by atoms with Gasteiger partial charge in [0.05, 0.1) is 11.4 Å². The molecule has 412 valence electrons. The number of anilines is 9. The fourth-order valence-electron chi connectivity index (χ4n) is 12.3. The highest BCUT2D eigenvalue weighted by molar-refractivity contribution is 7.00. The Morgan fingerprint density at radius 2 is 0.675 bits per heavy atom. The molecule has 0 amide bonds. The largest absolute Gasteiger partial charge is 0.311 e. The highest BCUT2D eigenvalue weighted by Gasteiger charge is 2.46. The van der Waals surface area contributed by atoms with Crippen LogP contribution in [0.15, 0.2) is 164 Å². The Morgan fingerprint density at radius 3 is 1.10 bits per heavy atom. The van der Waals surface area contributed by atoms with E-state index >= 15 is 0 Å². The van der Waals surface area contributed by atoms with Crippen molar-refractivity contribution in [3.63, 3.8) is 0 Å². The van der Waals surface area contributed by atoms with Crippen LogP contribution >= 0.6 is 0 Å². The van der Waals surface area contributed by atoms with E-state index in [-0.39, 0.29) is 44.6 Å². The van der Waals surface area contributed by atoms with E-state index in [0.29, 0.717) is 0 Å². The van der Waals surface area contributed by atoms with Crippen molar-refractivity contribution in [2.24, 2.45) is 0 Å². The van der Waals surface area contributed by atoms with Gasteiger partial charge >= 0.3 is 0 Å². The summed E-state index contributed by atoms with van der Waals surface area (Å²) < 4.78 is 0. The molecule has 0 bridgehead atoms. The van der Waals surface area contributed by atoms with Crippen molar-refractivity contribution < 1.29 is 0 Å². The molecule has 0 saturated heterocycles. The number of fused-ring (bicyclic) bond motifs is 4. The van der Waals surface area contributed by atoms with Crippen molar-refractivity contribution in [3.8, 4) is 11.1 Å². The molecule has 4 heteroatoms. The number of nitrogens with zero attached hydrogens (tertiary/aromatic N) is 3. The van der Waals surface area contributed by atoms with E-state index in [9.17, 15) is 0 Å². The summed E-state index contributed by atoms with van der Waals surface area (Å²) in [6, 6.07) is 64.5. The smallest absolute Gasteiger partial charge is 0.252 e. The van der Waals surface area contributed by atoms with E-state index < -0.39 is 0 Å². The monoisotopic (exact) mass is 1060 g/mol. The van der Waals surface area contributed by atoms with Crippen LogP contribution in [0.4, 0.5) is 51.2 Å². The maximum Gasteiger partial charge on any atom is 0.252 e. The molecule has 0 atom stereocenters. The summed E-state index contributed by atoms with van der Waals surface area (Å²) in [6.07, 6.45) is 0. The number of para-hydroxylation sites is 2. The maximum absolute atomic E-state index is 2.67. The molecule has 3 nitrogen and oxygen atoms in total. The minimum Gasteiger partial charge on any atom is -0.311 e. The van der Waals surface area contributed by atoms with Gasteiger partial charge in [-0.3, -0.25) is 0 Å². The first-order valence-electron chi connectivity index (χ1n) is 29.5. The van der Waals surface area contributed by atoms with Crippen molar-refractivity contribution in [2.45, 2.75) is 183 Å². The van der Waals surface area contributed by atoms with Crippen LogP contribution in [0.1, 0.15) is 184 Å². The summed E-state index contributed by atoms with van der Waals surface area (Å²) in [5, 5.41) is 0. The maximum atomic E-state index is 2.67. The summed E-state index contributed by atoms with van der Waals surface area (Å²) >= 11 is 0. The molecule has 0 aromatic heterocycles. The molecule has 10 rings (SSSR count). The lowest BCUT2D eigenvalue weighted by Crippen LogP contribution is -2.61. The van der Waals surface area contributed by atoms with Gasteiger partial charge < -0.3 is 14.7 Å². The SMILES string of the molecule is CC(C)(C)c1ccc(-c2cc(C(C)(C)C)ccc2N2c3ccc(C(C)(C)C)cc3B3c4cc(C(C)(C)C)ccc4N(c4ccc(C(C)(C)C)cc4)c4cc(N(c5ccccc5C(C)(C)C)c5ccccc5C(C)(C)C)cc2c43)cc1. The molecule has 8 aromatic rings. The van der Waals surface area contributed by atoms with Gasteiger partial charge in [-0.05, 0) is 159 Å². The molecule has 0 fully saturated rings. The average molecular weight is 1060 g/mol. The quantitative estimate of drug-likeness (QED) is 0.154. The standard InChI is InChI=1S/C76H90BN3/c1-70(2,3)50-32-30-49(31-33-50)57-44-52(72(7,8)9)36-41-62(57)80-66-43-38-54(74(13,14)15)46-61(66)77-60-45-53(73(10,11)12)37-42-65(60)78(55-39-34-51(35-40-55)71(4,5)6)67-47-56(48-68(80)69(67)77)79(63-28-24-22-26-58(63)75(16,17)18)64-29-25-23-27-59(64)76(19,20)21/h22-48H,1-21H3. The van der Waals surface area contributed by atoms with Crippen LogP contribution in [0.5, 0.6) is 0 Å². The first-order chi connectivity index (χ1) is 37.1. The Morgan fingerprint density at radius 1 is 0.312 bits per heavy atom. The minimum absolute atomic E-state index is 0.00615. The van der Waals surface area contributed by atoms with Crippen LogP contribution in [0.25, 0.3) is 11.1 Å². The van der Waals surface area contributed by atoms with Crippen molar-refractivity contribution in [2.75, 3.05) is 14.7 Å². The van der Waals surface area contributed by atoms with Crippen LogP contribution in [-0.4, -0.2) is 6.71 Å². The van der Waals surface area contributed by atoms with Crippen LogP contribution in [-0.2, 0) is 37.9 Å². The lowest BCUT2D eigenvalue weighted by molar-refractivity contribution is 0.587. The van der Waals surface area contributed by atoms with Gasteiger partial charge in [0.2, 0.25) is 0 Å². The van der Waals surface area contributed by atoms with E-state index in [0.717, 1.165) is 17.1 Å². The van der Waals surface area contributed by atoms with Crippen molar-refractivity contribution in [1.29, 1.82) is 0 Å². The molecule has 0 unspecified atom stereocenters. The molecule has 0 radical (unpaired) electrons. The molecule has 80 heavy (non-hydrogen) atoms. The van der Waals surface area contributed by atoms with Gasteiger partial charge in [0.15, 0.2) is 0 Å². The summed E-state index contributed by atoms with van der Waals surface area (Å²) in [7, 11) is 0. The summed E-state index contributed by atoms with van der Waals surface area (Å²) in [5.74, 6) is 0. The fourth-order valence-corrected chi connectivity index (χ4v) is 12.3. The van der Waals surface area contributed by atoms with Gasteiger partial charge in [-0.2, -0.15) is 0 Å². The second-order valence-corrected chi connectivity index (χ2v) is 30.5. The Balaban J connectivity index is 1.42. The lowest BCUT2D eigenvalue weighted by atomic mass is 9.33. The van der Waals surface area contributed by atoms with E-state index in [4.69, 9.17) is 0 Å². The predicted octanol–water partition coefficient (Wildman–Crippen LogP) is 20.0. The molecule has 0 N–H and O–H groups in total. The highest BCUT2D eigenvalue weighted by atomic mass is 15.2. The van der Waals surface area contributed by atoms with Gasteiger partial charge in [0, 0.05) is 45.4 Å². The Hall–Kier alpha value is -6.78. The molecule has 0 saturated carbocycles. The summed E-state index contributed by atoms with van der Waals surface area (Å²) in [5.41, 5.74) is 25.6. The second-order valence-electron chi connectivity index (χ2n) is 30.5. The van der Waals surface area contributed by atoms with Crippen LogP contribution in [0.3, 0.4) is 0 Å². The fraction of sp³-hybridized carbons (Fsp3) is 0.368. The van der Waals surface area contributed by atoms with Gasteiger partial charge in [-0.15, -0.1) is 0 Å². The number of hydrogen-bond acceptors (Lipinski definition) is 3. The number of hydrogen-bond donors (Lipinski definition) is 0. The van der Waals surface area contributed by atoms with E-state index in [1.165, 1.54) is 101 Å². The molecule has 2 heterocycles. The zero-order valence-corrected chi connectivity index (χ0v) is 52.5. The van der Waals surface area contributed by atoms with E-state index in [2.05, 4.69) is 324 Å². The van der Waals surface area contributed by atoms with Crippen LogP contribution in [0, 0.1) is 0 Å². The number of rotatable bonds is 6. The zero-order valence-electron chi connectivity index (χ0n) is 52.5. The molecule has 8 aromatic carbocycles. The average Bonchev–Trinajstić information content (AvgIpc) is 3.41. The molecule has 2 aliphatic heterocycles. The van der Waals surface area contributed by atoms with Crippen molar-refractivity contribution in [3.05, 3.63) is 203 Å². The zero-order chi connectivity index (χ0) is 58.0. The minimum atomic E-state index is -0.161.